The Morgan fingerprint density at radius 1 is 1.11 bits per heavy atom. The van der Waals surface area contributed by atoms with Crippen LogP contribution in [-0.4, -0.2) is 17.9 Å². The zero-order valence-electron chi connectivity index (χ0n) is 10.6. The van der Waals surface area contributed by atoms with Crippen molar-refractivity contribution in [2.24, 2.45) is 0 Å². The molecule has 19 heavy (non-hydrogen) atoms. The molecule has 0 unspecified atom stereocenters. The minimum absolute atomic E-state index is 0.0325. The molecule has 0 spiro atoms. The van der Waals surface area contributed by atoms with Gasteiger partial charge < -0.3 is 10.6 Å². The SMILES string of the molecule is CN(Cc1ccc(Cl)cc1)C(=O)c1ccc(N)cc1. The van der Waals surface area contributed by atoms with Gasteiger partial charge in [0.05, 0.1) is 0 Å². The molecule has 0 bridgehead atoms. The van der Waals surface area contributed by atoms with E-state index in [-0.39, 0.29) is 5.91 Å². The number of nitrogens with two attached hydrogens (primary N) is 1. The molecule has 1 amide bonds. The molecule has 0 aliphatic heterocycles. The average Bonchev–Trinajstić information content (AvgIpc) is 2.41. The third-order valence-corrected chi connectivity index (χ3v) is 3.09. The van der Waals surface area contributed by atoms with Crippen LogP contribution in [0.15, 0.2) is 48.5 Å². The first-order valence-electron chi connectivity index (χ1n) is 5.92. The molecular formula is C15H15ClN2O. The first-order valence-corrected chi connectivity index (χ1v) is 6.29. The van der Waals surface area contributed by atoms with Crippen LogP contribution in [0.2, 0.25) is 5.02 Å². The number of carbonyl (C=O) groups excluding carboxylic acids is 1. The molecule has 0 heterocycles. The maximum Gasteiger partial charge on any atom is 0.253 e. The number of hydrogen-bond acceptors (Lipinski definition) is 2. The highest BCUT2D eigenvalue weighted by atomic mass is 35.5. The second-order valence-electron chi connectivity index (χ2n) is 4.41. The number of halogens is 1. The van der Waals surface area contributed by atoms with Gasteiger partial charge in [0.2, 0.25) is 0 Å². The Labute approximate surface area is 117 Å². The van der Waals surface area contributed by atoms with Crippen LogP contribution in [-0.2, 0) is 6.54 Å². The average molecular weight is 275 g/mol. The molecule has 2 N–H and O–H groups in total. The summed E-state index contributed by atoms with van der Waals surface area (Å²) in [6, 6.07) is 14.4. The van der Waals surface area contributed by atoms with Crippen LogP contribution in [0.4, 0.5) is 5.69 Å². The summed E-state index contributed by atoms with van der Waals surface area (Å²) in [5.74, 6) is -0.0325. The van der Waals surface area contributed by atoms with Crippen LogP contribution in [0.5, 0.6) is 0 Å². The summed E-state index contributed by atoms with van der Waals surface area (Å²) in [7, 11) is 1.77. The third kappa shape index (κ3) is 3.48. The maximum absolute atomic E-state index is 12.2. The minimum Gasteiger partial charge on any atom is -0.399 e. The summed E-state index contributed by atoms with van der Waals surface area (Å²) in [5.41, 5.74) is 7.92. The van der Waals surface area contributed by atoms with E-state index in [1.54, 1.807) is 36.2 Å². The van der Waals surface area contributed by atoms with Gasteiger partial charge in [-0.25, -0.2) is 0 Å². The van der Waals surface area contributed by atoms with Crippen molar-refractivity contribution < 1.29 is 4.79 Å². The van der Waals surface area contributed by atoms with Gasteiger partial charge >= 0.3 is 0 Å². The van der Waals surface area contributed by atoms with Gasteiger partial charge in [-0.05, 0) is 42.0 Å². The van der Waals surface area contributed by atoms with Crippen LogP contribution in [0.25, 0.3) is 0 Å². The van der Waals surface area contributed by atoms with E-state index >= 15 is 0 Å². The van der Waals surface area contributed by atoms with Crippen molar-refractivity contribution in [3.8, 4) is 0 Å². The molecule has 0 radical (unpaired) electrons. The Balaban J connectivity index is 2.07. The molecule has 0 saturated carbocycles. The Morgan fingerprint density at radius 2 is 1.68 bits per heavy atom. The lowest BCUT2D eigenvalue weighted by Crippen LogP contribution is -2.26. The van der Waals surface area contributed by atoms with E-state index in [0.717, 1.165) is 5.56 Å². The third-order valence-electron chi connectivity index (χ3n) is 2.84. The fourth-order valence-corrected chi connectivity index (χ4v) is 1.91. The van der Waals surface area contributed by atoms with E-state index in [4.69, 9.17) is 17.3 Å². The highest BCUT2D eigenvalue weighted by molar-refractivity contribution is 6.30. The van der Waals surface area contributed by atoms with Gasteiger partial charge in [0, 0.05) is 29.9 Å². The van der Waals surface area contributed by atoms with Crippen molar-refractivity contribution in [2.75, 3.05) is 12.8 Å². The van der Waals surface area contributed by atoms with Crippen LogP contribution in [0.1, 0.15) is 15.9 Å². The van der Waals surface area contributed by atoms with E-state index < -0.39 is 0 Å². The van der Waals surface area contributed by atoms with E-state index in [0.29, 0.717) is 22.8 Å². The van der Waals surface area contributed by atoms with E-state index in [2.05, 4.69) is 0 Å². The molecule has 0 atom stereocenters. The lowest BCUT2D eigenvalue weighted by atomic mass is 10.1. The van der Waals surface area contributed by atoms with Crippen LogP contribution >= 0.6 is 11.6 Å². The van der Waals surface area contributed by atoms with Gasteiger partial charge in [-0.1, -0.05) is 23.7 Å². The number of rotatable bonds is 3. The molecule has 2 aromatic rings. The smallest absolute Gasteiger partial charge is 0.253 e. The van der Waals surface area contributed by atoms with Gasteiger partial charge in [0.25, 0.3) is 5.91 Å². The number of nitrogens with zero attached hydrogens (tertiary/aromatic N) is 1. The van der Waals surface area contributed by atoms with Crippen molar-refractivity contribution in [1.29, 1.82) is 0 Å². The Kier molecular flexibility index (Phi) is 4.07. The molecule has 0 aliphatic carbocycles. The lowest BCUT2D eigenvalue weighted by Gasteiger charge is -2.17. The number of benzene rings is 2. The normalized spacial score (nSPS) is 10.2. The summed E-state index contributed by atoms with van der Waals surface area (Å²) < 4.78 is 0. The highest BCUT2D eigenvalue weighted by Crippen LogP contribution is 2.13. The molecular weight excluding hydrogens is 260 g/mol. The lowest BCUT2D eigenvalue weighted by molar-refractivity contribution is 0.0785. The Hall–Kier alpha value is -2.00. The van der Waals surface area contributed by atoms with Gasteiger partial charge in [-0.15, -0.1) is 0 Å². The monoisotopic (exact) mass is 274 g/mol. The van der Waals surface area contributed by atoms with Crippen LogP contribution in [0.3, 0.4) is 0 Å². The summed E-state index contributed by atoms with van der Waals surface area (Å²) in [4.78, 5) is 13.8. The number of carbonyl (C=O) groups is 1. The predicted molar refractivity (Wildman–Crippen MR) is 78.1 cm³/mol. The summed E-state index contributed by atoms with van der Waals surface area (Å²) in [6.45, 7) is 0.542. The van der Waals surface area contributed by atoms with Crippen molar-refractivity contribution in [3.63, 3.8) is 0 Å². The first kappa shape index (κ1) is 13.4. The van der Waals surface area contributed by atoms with Crippen molar-refractivity contribution in [2.45, 2.75) is 6.54 Å². The molecule has 2 rings (SSSR count). The van der Waals surface area contributed by atoms with Crippen LogP contribution in [0, 0.1) is 0 Å². The summed E-state index contributed by atoms with van der Waals surface area (Å²) >= 11 is 5.83. The molecule has 4 heteroatoms. The van der Waals surface area contributed by atoms with E-state index in [1.807, 2.05) is 24.3 Å². The fraction of sp³-hybridized carbons (Fsp3) is 0.133. The number of anilines is 1. The molecule has 0 saturated heterocycles. The molecule has 3 nitrogen and oxygen atoms in total. The molecule has 0 aromatic heterocycles. The second kappa shape index (κ2) is 5.76. The zero-order valence-corrected chi connectivity index (χ0v) is 11.4. The van der Waals surface area contributed by atoms with Gasteiger partial charge in [-0.3, -0.25) is 4.79 Å². The summed E-state index contributed by atoms with van der Waals surface area (Å²) in [6.07, 6.45) is 0. The maximum atomic E-state index is 12.2. The van der Waals surface area contributed by atoms with Crippen molar-refractivity contribution in [3.05, 3.63) is 64.7 Å². The predicted octanol–water partition coefficient (Wildman–Crippen LogP) is 3.19. The Morgan fingerprint density at radius 3 is 2.26 bits per heavy atom. The quantitative estimate of drug-likeness (QED) is 0.874. The molecule has 0 aliphatic rings. The molecule has 0 fully saturated rings. The fourth-order valence-electron chi connectivity index (χ4n) is 1.78. The number of hydrogen-bond donors (Lipinski definition) is 1. The van der Waals surface area contributed by atoms with Gasteiger partial charge in [0.1, 0.15) is 0 Å². The van der Waals surface area contributed by atoms with Crippen LogP contribution < -0.4 is 5.73 Å². The topological polar surface area (TPSA) is 46.3 Å². The zero-order chi connectivity index (χ0) is 13.8. The highest BCUT2D eigenvalue weighted by Gasteiger charge is 2.11. The summed E-state index contributed by atoms with van der Waals surface area (Å²) in [5, 5.41) is 0.691. The largest absolute Gasteiger partial charge is 0.399 e. The van der Waals surface area contributed by atoms with E-state index in [9.17, 15) is 4.79 Å². The molecule has 2 aromatic carbocycles. The number of amides is 1. The number of nitrogen functional groups attached to an aromatic ring is 1. The van der Waals surface area contributed by atoms with E-state index in [1.165, 1.54) is 0 Å². The second-order valence-corrected chi connectivity index (χ2v) is 4.85. The first-order chi connectivity index (χ1) is 9.06. The Bertz CT molecular complexity index is 564. The van der Waals surface area contributed by atoms with Crippen molar-refractivity contribution >= 4 is 23.2 Å². The minimum atomic E-state index is -0.0325. The van der Waals surface area contributed by atoms with Gasteiger partial charge in [0.15, 0.2) is 0 Å². The van der Waals surface area contributed by atoms with Crippen molar-refractivity contribution in [1.82, 2.24) is 4.90 Å². The molecule has 98 valence electrons. The van der Waals surface area contributed by atoms with Gasteiger partial charge in [-0.2, -0.15) is 0 Å². The standard InChI is InChI=1S/C15H15ClN2O/c1-18(10-11-2-6-13(16)7-3-11)15(19)12-4-8-14(17)9-5-12/h2-9H,10,17H2,1H3.